The standard InChI is InChI=1S/C8H7N3O3S/c1-14-7-3-6(11(12)13)5(4-9)10-8(7)15-2/h3H,1-2H3. The van der Waals surface area contributed by atoms with Gasteiger partial charge >= 0.3 is 5.69 Å². The number of methoxy groups -OCH3 is 1. The molecule has 0 unspecified atom stereocenters. The van der Waals surface area contributed by atoms with E-state index in [2.05, 4.69) is 4.98 Å². The average Bonchev–Trinajstić information content (AvgIpc) is 2.26. The zero-order chi connectivity index (χ0) is 11.4. The van der Waals surface area contributed by atoms with E-state index >= 15 is 0 Å². The largest absolute Gasteiger partial charge is 0.494 e. The van der Waals surface area contributed by atoms with Crippen LogP contribution in [0.4, 0.5) is 5.69 Å². The zero-order valence-electron chi connectivity index (χ0n) is 8.05. The van der Waals surface area contributed by atoms with E-state index in [1.807, 2.05) is 0 Å². The maximum atomic E-state index is 10.6. The molecule has 15 heavy (non-hydrogen) atoms. The molecule has 1 aromatic rings. The first-order valence-electron chi connectivity index (χ1n) is 3.81. The van der Waals surface area contributed by atoms with Gasteiger partial charge in [0.2, 0.25) is 5.69 Å². The summed E-state index contributed by atoms with van der Waals surface area (Å²) in [6.45, 7) is 0. The lowest BCUT2D eigenvalue weighted by Gasteiger charge is -2.04. The van der Waals surface area contributed by atoms with Gasteiger partial charge in [0.05, 0.1) is 18.1 Å². The average molecular weight is 225 g/mol. The van der Waals surface area contributed by atoms with Crippen molar-refractivity contribution in [2.75, 3.05) is 13.4 Å². The number of pyridine rings is 1. The van der Waals surface area contributed by atoms with E-state index in [0.717, 1.165) is 0 Å². The molecule has 0 saturated carbocycles. The van der Waals surface area contributed by atoms with Crippen molar-refractivity contribution in [2.45, 2.75) is 5.03 Å². The molecule has 0 radical (unpaired) electrons. The van der Waals surface area contributed by atoms with E-state index in [-0.39, 0.29) is 11.4 Å². The van der Waals surface area contributed by atoms with Crippen molar-refractivity contribution >= 4 is 17.4 Å². The van der Waals surface area contributed by atoms with Gasteiger partial charge in [-0.05, 0) is 6.26 Å². The second kappa shape index (κ2) is 4.61. The lowest BCUT2D eigenvalue weighted by Crippen LogP contribution is -1.99. The Morgan fingerprint density at radius 1 is 1.73 bits per heavy atom. The van der Waals surface area contributed by atoms with Crippen molar-refractivity contribution in [2.24, 2.45) is 0 Å². The molecule has 0 N–H and O–H groups in total. The highest BCUT2D eigenvalue weighted by Gasteiger charge is 2.19. The van der Waals surface area contributed by atoms with Crippen molar-refractivity contribution in [3.8, 4) is 11.8 Å². The number of nitrogens with zero attached hydrogens (tertiary/aromatic N) is 3. The summed E-state index contributed by atoms with van der Waals surface area (Å²) in [5.74, 6) is 0.299. The van der Waals surface area contributed by atoms with E-state index in [1.165, 1.54) is 24.9 Å². The molecule has 6 nitrogen and oxygen atoms in total. The number of thioether (sulfide) groups is 1. The monoisotopic (exact) mass is 225 g/mol. The molecule has 1 aromatic heterocycles. The number of nitriles is 1. The van der Waals surface area contributed by atoms with E-state index in [0.29, 0.717) is 10.8 Å². The van der Waals surface area contributed by atoms with Crippen LogP contribution in [0.25, 0.3) is 0 Å². The van der Waals surface area contributed by atoms with Gasteiger partial charge in [-0.25, -0.2) is 4.98 Å². The molecule has 1 rings (SSSR count). The number of rotatable bonds is 3. The Labute approximate surface area is 90.0 Å². The quantitative estimate of drug-likeness (QED) is 0.441. The van der Waals surface area contributed by atoms with Crippen LogP contribution in [0.2, 0.25) is 0 Å². The van der Waals surface area contributed by atoms with Gasteiger partial charge in [-0.1, -0.05) is 0 Å². The Kier molecular flexibility index (Phi) is 3.46. The topological polar surface area (TPSA) is 89.0 Å². The van der Waals surface area contributed by atoms with Crippen molar-refractivity contribution in [1.29, 1.82) is 5.26 Å². The van der Waals surface area contributed by atoms with Gasteiger partial charge in [-0.2, -0.15) is 5.26 Å². The van der Waals surface area contributed by atoms with Gasteiger partial charge < -0.3 is 4.74 Å². The van der Waals surface area contributed by atoms with Crippen LogP contribution in [-0.2, 0) is 0 Å². The van der Waals surface area contributed by atoms with E-state index in [9.17, 15) is 10.1 Å². The third-order valence-corrected chi connectivity index (χ3v) is 2.33. The Hall–Kier alpha value is -1.81. The molecular weight excluding hydrogens is 218 g/mol. The van der Waals surface area contributed by atoms with Crippen LogP contribution in [-0.4, -0.2) is 23.3 Å². The predicted octanol–water partition coefficient (Wildman–Crippen LogP) is 1.59. The maximum absolute atomic E-state index is 10.6. The predicted molar refractivity (Wildman–Crippen MR) is 53.9 cm³/mol. The number of nitro groups is 1. The van der Waals surface area contributed by atoms with Gasteiger partial charge in [0.15, 0.2) is 5.75 Å². The lowest BCUT2D eigenvalue weighted by atomic mass is 10.3. The molecule has 78 valence electrons. The van der Waals surface area contributed by atoms with Crippen molar-refractivity contribution in [3.05, 3.63) is 21.9 Å². The van der Waals surface area contributed by atoms with Gasteiger partial charge in [0.25, 0.3) is 0 Å². The summed E-state index contributed by atoms with van der Waals surface area (Å²) in [4.78, 5) is 13.8. The summed E-state index contributed by atoms with van der Waals surface area (Å²) in [7, 11) is 1.40. The fourth-order valence-corrected chi connectivity index (χ4v) is 1.51. The molecule has 0 fully saturated rings. The van der Waals surface area contributed by atoms with E-state index in [1.54, 1.807) is 12.3 Å². The van der Waals surface area contributed by atoms with Crippen molar-refractivity contribution < 1.29 is 9.66 Å². The first-order valence-corrected chi connectivity index (χ1v) is 5.04. The highest BCUT2D eigenvalue weighted by Crippen LogP contribution is 2.30. The summed E-state index contributed by atoms with van der Waals surface area (Å²) in [6, 6.07) is 2.89. The van der Waals surface area contributed by atoms with E-state index < -0.39 is 4.92 Å². The number of aromatic nitrogens is 1. The van der Waals surface area contributed by atoms with Crippen LogP contribution in [0, 0.1) is 21.4 Å². The Balaban J connectivity index is 3.42. The SMILES string of the molecule is COc1cc([N+](=O)[O-])c(C#N)nc1SC. The molecule has 1 heterocycles. The van der Waals surface area contributed by atoms with Crippen molar-refractivity contribution in [1.82, 2.24) is 4.98 Å². The van der Waals surface area contributed by atoms with Gasteiger partial charge in [-0.15, -0.1) is 11.8 Å². The van der Waals surface area contributed by atoms with Crippen LogP contribution < -0.4 is 4.74 Å². The third-order valence-electron chi connectivity index (χ3n) is 1.65. The molecule has 0 spiro atoms. The van der Waals surface area contributed by atoms with Gasteiger partial charge in [0.1, 0.15) is 11.1 Å². The van der Waals surface area contributed by atoms with Gasteiger partial charge in [-0.3, -0.25) is 10.1 Å². The van der Waals surface area contributed by atoms with E-state index in [4.69, 9.17) is 10.00 Å². The first kappa shape index (κ1) is 11.3. The molecular formula is C8H7N3O3S. The van der Waals surface area contributed by atoms with Crippen LogP contribution in [0.5, 0.6) is 5.75 Å². The molecule has 0 amide bonds. The van der Waals surface area contributed by atoms with Crippen LogP contribution in [0.15, 0.2) is 11.1 Å². The highest BCUT2D eigenvalue weighted by molar-refractivity contribution is 7.98. The summed E-state index contributed by atoms with van der Waals surface area (Å²) < 4.78 is 4.93. The Bertz CT molecular complexity index is 441. The third kappa shape index (κ3) is 2.16. The number of hydrogen-bond acceptors (Lipinski definition) is 6. The second-order valence-corrected chi connectivity index (χ2v) is 3.23. The number of hydrogen-bond donors (Lipinski definition) is 0. The van der Waals surface area contributed by atoms with Gasteiger partial charge in [0, 0.05) is 0 Å². The minimum absolute atomic E-state index is 0.204. The summed E-state index contributed by atoms with van der Waals surface area (Å²) in [5.41, 5.74) is -0.544. The molecule has 0 atom stereocenters. The first-order chi connectivity index (χ1) is 7.13. The van der Waals surface area contributed by atoms with Crippen LogP contribution in [0.3, 0.4) is 0 Å². The number of ether oxygens (including phenoxy) is 1. The lowest BCUT2D eigenvalue weighted by molar-refractivity contribution is -0.385. The molecule has 0 aliphatic rings. The fourth-order valence-electron chi connectivity index (χ4n) is 0.982. The second-order valence-electron chi connectivity index (χ2n) is 2.44. The Morgan fingerprint density at radius 2 is 2.40 bits per heavy atom. The molecule has 7 heteroatoms. The summed E-state index contributed by atoms with van der Waals surface area (Å²) in [5, 5.41) is 19.7. The maximum Gasteiger partial charge on any atom is 0.309 e. The highest BCUT2D eigenvalue weighted by atomic mass is 32.2. The normalized spacial score (nSPS) is 9.40. The molecule has 0 saturated heterocycles. The Morgan fingerprint density at radius 3 is 2.80 bits per heavy atom. The molecule has 0 aliphatic heterocycles. The van der Waals surface area contributed by atoms with Crippen LogP contribution >= 0.6 is 11.8 Å². The smallest absolute Gasteiger partial charge is 0.309 e. The van der Waals surface area contributed by atoms with Crippen molar-refractivity contribution in [3.63, 3.8) is 0 Å². The summed E-state index contributed by atoms with van der Waals surface area (Å²) >= 11 is 1.26. The zero-order valence-corrected chi connectivity index (χ0v) is 8.87. The fraction of sp³-hybridized carbons (Fsp3) is 0.250. The minimum Gasteiger partial charge on any atom is -0.494 e. The summed E-state index contributed by atoms with van der Waals surface area (Å²) in [6.07, 6.45) is 1.75. The molecule has 0 aliphatic carbocycles. The minimum atomic E-state index is -0.655. The molecule has 0 bridgehead atoms. The van der Waals surface area contributed by atoms with Crippen LogP contribution in [0.1, 0.15) is 5.69 Å². The molecule has 0 aromatic carbocycles.